The average Bonchev–Trinajstić information content (AvgIpc) is 2.68. The van der Waals surface area contributed by atoms with E-state index in [-0.39, 0.29) is 9.49 Å². The fraction of sp³-hybridized carbons (Fsp3) is 0.409. The van der Waals surface area contributed by atoms with Crippen LogP contribution in [-0.2, 0) is 9.49 Å². The summed E-state index contributed by atoms with van der Waals surface area (Å²) in [5, 5.41) is 9.23. The summed E-state index contributed by atoms with van der Waals surface area (Å²) in [6, 6.07) is 14.0. The van der Waals surface area contributed by atoms with Gasteiger partial charge in [-0.15, -0.1) is 23.5 Å². The highest BCUT2D eigenvalue weighted by Gasteiger charge is 2.39. The van der Waals surface area contributed by atoms with E-state index in [1.54, 1.807) is 12.1 Å². The number of thioether (sulfide) groups is 2. The van der Waals surface area contributed by atoms with E-state index in [2.05, 4.69) is 32.0 Å². The van der Waals surface area contributed by atoms with Crippen molar-refractivity contribution in [1.82, 2.24) is 0 Å². The number of benzene rings is 2. The first-order chi connectivity index (χ1) is 12.9. The van der Waals surface area contributed by atoms with Crippen LogP contribution in [0.2, 0.25) is 0 Å². The van der Waals surface area contributed by atoms with Gasteiger partial charge in [0.05, 0.1) is 12.2 Å². The number of aromatic carboxylic acids is 1. The number of fused-ring (bicyclic) bond motifs is 1. The first-order valence-corrected chi connectivity index (χ1v) is 11.3. The Kier molecular flexibility index (Phi) is 4.93. The van der Waals surface area contributed by atoms with Crippen LogP contribution in [0.25, 0.3) is 0 Å². The molecule has 4 rings (SSSR count). The second-order valence-corrected chi connectivity index (χ2v) is 10.6. The zero-order valence-corrected chi connectivity index (χ0v) is 17.3. The summed E-state index contributed by atoms with van der Waals surface area (Å²) in [7, 11) is 0. The minimum absolute atomic E-state index is 0.0992. The summed E-state index contributed by atoms with van der Waals surface area (Å²) in [6.07, 6.45) is 2.22. The lowest BCUT2D eigenvalue weighted by atomic mass is 9.79. The lowest BCUT2D eigenvalue weighted by Gasteiger charge is -2.39. The van der Waals surface area contributed by atoms with E-state index in [0.29, 0.717) is 5.56 Å². The van der Waals surface area contributed by atoms with Crippen molar-refractivity contribution in [3.63, 3.8) is 0 Å². The van der Waals surface area contributed by atoms with Crippen molar-refractivity contribution >= 4 is 29.5 Å². The van der Waals surface area contributed by atoms with Crippen molar-refractivity contribution in [3.05, 3.63) is 64.7 Å². The SMILES string of the molecule is CC1(C)CCOc2ccc(C3(c4ccc(C(=O)O)cc4)SCCCS3)cc21. The highest BCUT2D eigenvalue weighted by atomic mass is 32.2. The van der Waals surface area contributed by atoms with Gasteiger partial charge in [-0.1, -0.05) is 32.0 Å². The number of carboxylic acid groups (broad SMARTS) is 1. The van der Waals surface area contributed by atoms with Crippen molar-refractivity contribution in [3.8, 4) is 5.75 Å². The van der Waals surface area contributed by atoms with E-state index in [4.69, 9.17) is 4.74 Å². The van der Waals surface area contributed by atoms with Crippen LogP contribution >= 0.6 is 23.5 Å². The number of carbonyl (C=O) groups is 1. The van der Waals surface area contributed by atoms with Crippen molar-refractivity contribution in [2.24, 2.45) is 0 Å². The molecule has 3 nitrogen and oxygen atoms in total. The summed E-state index contributed by atoms with van der Waals surface area (Å²) >= 11 is 3.91. The van der Waals surface area contributed by atoms with E-state index in [1.165, 1.54) is 17.5 Å². The molecule has 0 bridgehead atoms. The maximum Gasteiger partial charge on any atom is 0.335 e. The van der Waals surface area contributed by atoms with E-state index in [0.717, 1.165) is 35.8 Å². The highest BCUT2D eigenvalue weighted by Crippen LogP contribution is 2.56. The fourth-order valence-corrected chi connectivity index (χ4v) is 7.17. The number of carboxylic acids is 1. The first kappa shape index (κ1) is 18.8. The van der Waals surface area contributed by atoms with Crippen LogP contribution in [0.4, 0.5) is 0 Å². The van der Waals surface area contributed by atoms with Gasteiger partial charge in [-0.2, -0.15) is 0 Å². The molecule has 2 aliphatic heterocycles. The normalized spacial score (nSPS) is 20.4. The molecule has 0 radical (unpaired) electrons. The summed E-state index contributed by atoms with van der Waals surface area (Å²) in [4.78, 5) is 11.2. The molecule has 1 N–H and O–H groups in total. The van der Waals surface area contributed by atoms with Gasteiger partial charge in [0.1, 0.15) is 9.83 Å². The number of rotatable bonds is 3. The molecule has 0 unspecified atom stereocenters. The quantitative estimate of drug-likeness (QED) is 0.735. The summed E-state index contributed by atoms with van der Waals surface area (Å²) in [5.74, 6) is 2.32. The van der Waals surface area contributed by atoms with Crippen LogP contribution in [0.1, 0.15) is 53.7 Å². The first-order valence-electron chi connectivity index (χ1n) is 9.32. The maximum absolute atomic E-state index is 11.2. The van der Waals surface area contributed by atoms with Crippen molar-refractivity contribution in [1.29, 1.82) is 0 Å². The molecule has 1 saturated heterocycles. The highest BCUT2D eigenvalue weighted by molar-refractivity contribution is 8.18. The minimum Gasteiger partial charge on any atom is -0.493 e. The Labute approximate surface area is 168 Å². The van der Waals surface area contributed by atoms with Crippen molar-refractivity contribution < 1.29 is 14.6 Å². The molecule has 0 aliphatic carbocycles. The average molecular weight is 401 g/mol. The topological polar surface area (TPSA) is 46.5 Å². The van der Waals surface area contributed by atoms with Gasteiger partial charge >= 0.3 is 5.97 Å². The smallest absolute Gasteiger partial charge is 0.335 e. The van der Waals surface area contributed by atoms with E-state index in [1.807, 2.05) is 35.7 Å². The number of hydrogen-bond acceptors (Lipinski definition) is 4. The monoisotopic (exact) mass is 400 g/mol. The second kappa shape index (κ2) is 7.10. The Balaban J connectivity index is 1.82. The van der Waals surface area contributed by atoms with Crippen LogP contribution < -0.4 is 4.74 Å². The molecule has 2 aromatic rings. The molecule has 2 aromatic carbocycles. The van der Waals surface area contributed by atoms with Crippen LogP contribution in [0.15, 0.2) is 42.5 Å². The van der Waals surface area contributed by atoms with Gasteiger partial charge in [0.15, 0.2) is 0 Å². The Morgan fingerprint density at radius 2 is 1.70 bits per heavy atom. The lowest BCUT2D eigenvalue weighted by Crippen LogP contribution is -2.29. The van der Waals surface area contributed by atoms with Gasteiger partial charge in [0.25, 0.3) is 0 Å². The Morgan fingerprint density at radius 1 is 1.04 bits per heavy atom. The van der Waals surface area contributed by atoms with Crippen LogP contribution in [0.5, 0.6) is 5.75 Å². The Hall–Kier alpha value is -1.59. The van der Waals surface area contributed by atoms with E-state index < -0.39 is 5.97 Å². The molecule has 0 amide bonds. The molecule has 27 heavy (non-hydrogen) atoms. The zero-order valence-electron chi connectivity index (χ0n) is 15.7. The van der Waals surface area contributed by atoms with Gasteiger partial charge in [0.2, 0.25) is 0 Å². The summed E-state index contributed by atoms with van der Waals surface area (Å²) in [6.45, 7) is 5.34. The summed E-state index contributed by atoms with van der Waals surface area (Å²) in [5.41, 5.74) is 4.15. The molecule has 0 atom stereocenters. The lowest BCUT2D eigenvalue weighted by molar-refractivity contribution is 0.0697. The molecule has 0 saturated carbocycles. The predicted molar refractivity (Wildman–Crippen MR) is 113 cm³/mol. The minimum atomic E-state index is -0.882. The third-order valence-electron chi connectivity index (χ3n) is 5.48. The van der Waals surface area contributed by atoms with Gasteiger partial charge < -0.3 is 9.84 Å². The molecule has 142 valence electrons. The van der Waals surface area contributed by atoms with Crippen LogP contribution in [0, 0.1) is 0 Å². The number of ether oxygens (including phenoxy) is 1. The third kappa shape index (κ3) is 3.36. The Bertz CT molecular complexity index is 852. The third-order valence-corrected chi connectivity index (χ3v) is 8.93. The predicted octanol–water partition coefficient (Wildman–Crippen LogP) is 5.52. The molecule has 0 spiro atoms. The largest absolute Gasteiger partial charge is 0.493 e. The van der Waals surface area contributed by atoms with Crippen LogP contribution in [-0.4, -0.2) is 29.2 Å². The maximum atomic E-state index is 11.2. The van der Waals surface area contributed by atoms with Gasteiger partial charge in [-0.3, -0.25) is 0 Å². The van der Waals surface area contributed by atoms with Crippen LogP contribution in [0.3, 0.4) is 0 Å². The molecule has 2 aliphatic rings. The van der Waals surface area contributed by atoms with E-state index >= 15 is 0 Å². The summed E-state index contributed by atoms with van der Waals surface area (Å²) < 4.78 is 5.71. The molecule has 0 aromatic heterocycles. The van der Waals surface area contributed by atoms with Crippen molar-refractivity contribution in [2.75, 3.05) is 18.1 Å². The van der Waals surface area contributed by atoms with E-state index in [9.17, 15) is 9.90 Å². The molecular formula is C22H24O3S2. The fourth-order valence-electron chi connectivity index (χ4n) is 3.80. The molecule has 5 heteroatoms. The van der Waals surface area contributed by atoms with Crippen molar-refractivity contribution in [2.45, 2.75) is 36.2 Å². The standard InChI is InChI=1S/C22H24O3S2/c1-21(2)10-11-25-19-9-8-17(14-18(19)21)22(26-12-3-13-27-22)16-6-4-15(5-7-16)20(23)24/h4-9,14H,3,10-13H2,1-2H3,(H,23,24). The molecule has 2 heterocycles. The Morgan fingerprint density at radius 3 is 2.37 bits per heavy atom. The van der Waals surface area contributed by atoms with Gasteiger partial charge in [-0.05, 0) is 65.2 Å². The van der Waals surface area contributed by atoms with Gasteiger partial charge in [-0.25, -0.2) is 4.79 Å². The van der Waals surface area contributed by atoms with Gasteiger partial charge in [0, 0.05) is 5.56 Å². The number of hydrogen-bond donors (Lipinski definition) is 1. The zero-order chi connectivity index (χ0) is 19.1. The second-order valence-electron chi connectivity index (χ2n) is 7.74. The molecular weight excluding hydrogens is 376 g/mol. The molecule has 1 fully saturated rings.